The minimum Gasteiger partial charge on any atom is -0.478 e. The summed E-state index contributed by atoms with van der Waals surface area (Å²) in [4.78, 5) is 32.1. The number of carbonyl (C=O) groups is 2. The molecule has 7 nitrogen and oxygen atoms in total. The summed E-state index contributed by atoms with van der Waals surface area (Å²) in [5.74, 6) is 1.12. The largest absolute Gasteiger partial charge is 0.478 e. The van der Waals surface area contributed by atoms with Crippen molar-refractivity contribution in [2.75, 3.05) is 11.9 Å². The first-order valence-corrected chi connectivity index (χ1v) is 9.96. The highest BCUT2D eigenvalue weighted by molar-refractivity contribution is 5.99. The molecule has 0 radical (unpaired) electrons. The van der Waals surface area contributed by atoms with Gasteiger partial charge in [-0.25, -0.2) is 4.98 Å². The summed E-state index contributed by atoms with van der Waals surface area (Å²) in [6.07, 6.45) is 2.98. The Hall–Kier alpha value is -3.35. The van der Waals surface area contributed by atoms with Gasteiger partial charge in [0.05, 0.1) is 23.1 Å². The number of imidazole rings is 1. The predicted octanol–water partition coefficient (Wildman–Crippen LogP) is 3.18. The molecule has 2 heterocycles. The predicted molar refractivity (Wildman–Crippen MR) is 111 cm³/mol. The SMILES string of the molecule is O=C(C[C@@H]1Oc2ccccc2NC1=O)NCCCCCc1nc2ccccc2[nH]1. The number of nitrogens with zero attached hydrogens (tertiary/aromatic N) is 1. The third-order valence-corrected chi connectivity index (χ3v) is 4.93. The molecular weight excluding hydrogens is 368 g/mol. The van der Waals surface area contributed by atoms with Crippen LogP contribution in [0, 0.1) is 0 Å². The first-order chi connectivity index (χ1) is 14.2. The zero-order chi connectivity index (χ0) is 20.1. The van der Waals surface area contributed by atoms with Crippen LogP contribution in [0.25, 0.3) is 11.0 Å². The molecule has 1 atom stereocenters. The van der Waals surface area contributed by atoms with Gasteiger partial charge in [-0.05, 0) is 37.1 Å². The molecule has 1 aliphatic rings. The van der Waals surface area contributed by atoms with E-state index >= 15 is 0 Å². The maximum absolute atomic E-state index is 12.1. The van der Waals surface area contributed by atoms with E-state index < -0.39 is 6.10 Å². The number of hydrogen-bond donors (Lipinski definition) is 3. The summed E-state index contributed by atoms with van der Waals surface area (Å²) < 4.78 is 5.65. The number of rotatable bonds is 8. The number of unbranched alkanes of at least 4 members (excludes halogenated alkanes) is 2. The molecule has 1 aliphatic heterocycles. The first kappa shape index (κ1) is 19.0. The van der Waals surface area contributed by atoms with E-state index in [2.05, 4.69) is 20.6 Å². The molecule has 0 saturated carbocycles. The summed E-state index contributed by atoms with van der Waals surface area (Å²) in [6.45, 7) is 0.587. The van der Waals surface area contributed by atoms with Gasteiger partial charge in [0.1, 0.15) is 11.6 Å². The minimum absolute atomic E-state index is 0.0130. The lowest BCUT2D eigenvalue weighted by atomic mass is 10.1. The zero-order valence-corrected chi connectivity index (χ0v) is 16.1. The average Bonchev–Trinajstić information content (AvgIpc) is 3.14. The second-order valence-electron chi connectivity index (χ2n) is 7.16. The van der Waals surface area contributed by atoms with Crippen LogP contribution < -0.4 is 15.4 Å². The van der Waals surface area contributed by atoms with E-state index in [0.717, 1.165) is 42.5 Å². The third-order valence-electron chi connectivity index (χ3n) is 4.93. The van der Waals surface area contributed by atoms with Gasteiger partial charge in [-0.1, -0.05) is 30.7 Å². The maximum atomic E-state index is 12.1. The molecule has 29 heavy (non-hydrogen) atoms. The molecule has 0 saturated heterocycles. The van der Waals surface area contributed by atoms with Gasteiger partial charge in [0.15, 0.2) is 6.10 Å². The fraction of sp³-hybridized carbons (Fsp3) is 0.318. The van der Waals surface area contributed by atoms with E-state index in [-0.39, 0.29) is 18.2 Å². The van der Waals surface area contributed by atoms with Crippen molar-refractivity contribution in [3.8, 4) is 5.75 Å². The van der Waals surface area contributed by atoms with E-state index in [4.69, 9.17) is 4.74 Å². The van der Waals surface area contributed by atoms with Crippen molar-refractivity contribution >= 4 is 28.5 Å². The van der Waals surface area contributed by atoms with Crippen LogP contribution in [0.5, 0.6) is 5.75 Å². The van der Waals surface area contributed by atoms with Gasteiger partial charge >= 0.3 is 0 Å². The zero-order valence-electron chi connectivity index (χ0n) is 16.1. The number of H-pyrrole nitrogens is 1. The number of para-hydroxylation sites is 4. The monoisotopic (exact) mass is 392 g/mol. The molecule has 0 bridgehead atoms. The Labute approximate surface area is 168 Å². The van der Waals surface area contributed by atoms with Crippen LogP contribution in [0.4, 0.5) is 5.69 Å². The summed E-state index contributed by atoms with van der Waals surface area (Å²) in [5, 5.41) is 5.64. The van der Waals surface area contributed by atoms with Crippen molar-refractivity contribution in [1.29, 1.82) is 0 Å². The lowest BCUT2D eigenvalue weighted by molar-refractivity contribution is -0.130. The summed E-state index contributed by atoms with van der Waals surface area (Å²) >= 11 is 0. The van der Waals surface area contributed by atoms with Crippen LogP contribution in [-0.4, -0.2) is 34.4 Å². The minimum atomic E-state index is -0.794. The number of amides is 2. The molecule has 0 unspecified atom stereocenters. The summed E-state index contributed by atoms with van der Waals surface area (Å²) in [6, 6.07) is 15.2. The first-order valence-electron chi connectivity index (χ1n) is 9.96. The normalized spacial score (nSPS) is 15.4. The number of anilines is 1. The molecule has 1 aromatic heterocycles. The van der Waals surface area contributed by atoms with Gasteiger partial charge in [0, 0.05) is 13.0 Å². The average molecular weight is 392 g/mol. The molecule has 0 aliphatic carbocycles. The number of carbonyl (C=O) groups excluding carboxylic acids is 2. The standard InChI is InChI=1S/C22H24N4O3/c27-21(14-19-22(28)26-17-10-5-6-11-18(17)29-19)23-13-7-1-2-12-20-24-15-8-3-4-9-16(15)25-20/h3-6,8-11,19H,1-2,7,12-14H2,(H,23,27)(H,24,25)(H,26,28)/t19-/m0/s1. The second kappa shape index (κ2) is 8.77. The molecule has 4 rings (SSSR count). The Morgan fingerprint density at radius 3 is 2.79 bits per heavy atom. The van der Waals surface area contributed by atoms with E-state index in [9.17, 15) is 9.59 Å². The number of ether oxygens (including phenoxy) is 1. The van der Waals surface area contributed by atoms with Crippen LogP contribution in [-0.2, 0) is 16.0 Å². The van der Waals surface area contributed by atoms with Crippen molar-refractivity contribution in [2.45, 2.75) is 38.2 Å². The molecule has 0 spiro atoms. The Morgan fingerprint density at radius 1 is 1.07 bits per heavy atom. The number of benzene rings is 2. The Kier molecular flexibility index (Phi) is 5.74. The van der Waals surface area contributed by atoms with Crippen LogP contribution >= 0.6 is 0 Å². The number of hydrogen-bond acceptors (Lipinski definition) is 4. The van der Waals surface area contributed by atoms with Crippen LogP contribution in [0.1, 0.15) is 31.5 Å². The fourth-order valence-electron chi connectivity index (χ4n) is 3.41. The quantitative estimate of drug-likeness (QED) is 0.513. The van der Waals surface area contributed by atoms with Crippen molar-refractivity contribution in [3.05, 3.63) is 54.4 Å². The smallest absolute Gasteiger partial charge is 0.266 e. The molecule has 150 valence electrons. The van der Waals surface area contributed by atoms with Crippen molar-refractivity contribution in [2.24, 2.45) is 0 Å². The fourth-order valence-corrected chi connectivity index (χ4v) is 3.41. The molecular formula is C22H24N4O3. The van der Waals surface area contributed by atoms with E-state index in [1.165, 1.54) is 0 Å². The highest BCUT2D eigenvalue weighted by Gasteiger charge is 2.29. The van der Waals surface area contributed by atoms with Crippen molar-refractivity contribution < 1.29 is 14.3 Å². The molecule has 7 heteroatoms. The molecule has 2 aromatic carbocycles. The Morgan fingerprint density at radius 2 is 1.90 bits per heavy atom. The van der Waals surface area contributed by atoms with Gasteiger partial charge in [0.25, 0.3) is 5.91 Å². The van der Waals surface area contributed by atoms with Crippen molar-refractivity contribution in [1.82, 2.24) is 15.3 Å². The number of aromatic amines is 1. The number of aromatic nitrogens is 2. The Bertz CT molecular complexity index is 981. The summed E-state index contributed by atoms with van der Waals surface area (Å²) in [7, 11) is 0. The van der Waals surface area contributed by atoms with Gasteiger partial charge in [-0.15, -0.1) is 0 Å². The third kappa shape index (κ3) is 4.74. The highest BCUT2D eigenvalue weighted by atomic mass is 16.5. The van der Waals surface area contributed by atoms with E-state index in [1.54, 1.807) is 12.1 Å². The van der Waals surface area contributed by atoms with Crippen LogP contribution in [0.15, 0.2) is 48.5 Å². The lowest BCUT2D eigenvalue weighted by Crippen LogP contribution is -2.41. The molecule has 3 N–H and O–H groups in total. The molecule has 0 fully saturated rings. The van der Waals surface area contributed by atoms with Gasteiger partial charge in [-0.2, -0.15) is 0 Å². The van der Waals surface area contributed by atoms with Gasteiger partial charge < -0.3 is 20.4 Å². The summed E-state index contributed by atoms with van der Waals surface area (Å²) in [5.41, 5.74) is 2.69. The van der Waals surface area contributed by atoms with Gasteiger partial charge in [-0.3, -0.25) is 9.59 Å². The van der Waals surface area contributed by atoms with Crippen molar-refractivity contribution in [3.63, 3.8) is 0 Å². The number of aryl methyl sites for hydroxylation is 1. The van der Waals surface area contributed by atoms with Crippen LogP contribution in [0.2, 0.25) is 0 Å². The molecule has 3 aromatic rings. The van der Waals surface area contributed by atoms with Crippen LogP contribution in [0.3, 0.4) is 0 Å². The lowest BCUT2D eigenvalue weighted by Gasteiger charge is -2.25. The topological polar surface area (TPSA) is 96.1 Å². The number of nitrogens with one attached hydrogen (secondary N) is 3. The Balaban J connectivity index is 1.14. The number of fused-ring (bicyclic) bond motifs is 2. The van der Waals surface area contributed by atoms with E-state index in [1.807, 2.05) is 36.4 Å². The molecule has 2 amide bonds. The maximum Gasteiger partial charge on any atom is 0.266 e. The second-order valence-corrected chi connectivity index (χ2v) is 7.16. The van der Waals surface area contributed by atoms with Gasteiger partial charge in [0.2, 0.25) is 5.91 Å². The highest BCUT2D eigenvalue weighted by Crippen LogP contribution is 2.29. The van der Waals surface area contributed by atoms with E-state index in [0.29, 0.717) is 18.0 Å².